The number of primary amides is 1. The van der Waals surface area contributed by atoms with Crippen molar-refractivity contribution in [1.29, 1.82) is 0 Å². The number of hydrogen-bond donors (Lipinski definition) is 4. The number of nitrogens with two attached hydrogens (primary N) is 1. The van der Waals surface area contributed by atoms with Crippen LogP contribution in [0.4, 0.5) is 21.9 Å². The van der Waals surface area contributed by atoms with Crippen molar-refractivity contribution >= 4 is 33.9 Å². The molecule has 0 unspecified atom stereocenters. The lowest BCUT2D eigenvalue weighted by atomic mass is 10.2. The number of rotatable bonds is 2. The maximum Gasteiger partial charge on any atom is 0.324 e. The summed E-state index contributed by atoms with van der Waals surface area (Å²) in [5.41, 5.74) is 7.54. The Morgan fingerprint density at radius 2 is 2.00 bits per heavy atom. The minimum Gasteiger partial charge on any atom is -0.351 e. The minimum absolute atomic E-state index is 0.0601. The average Bonchev–Trinajstić information content (AvgIpc) is 2.75. The van der Waals surface area contributed by atoms with E-state index in [0.717, 1.165) is 0 Å². The molecule has 2 heterocycles. The maximum atomic E-state index is 11.8. The van der Waals surface area contributed by atoms with Crippen molar-refractivity contribution in [3.63, 3.8) is 0 Å². The Balaban J connectivity index is 2.12. The van der Waals surface area contributed by atoms with Crippen molar-refractivity contribution in [2.75, 3.05) is 9.62 Å². The van der Waals surface area contributed by atoms with Crippen LogP contribution in [0.3, 0.4) is 0 Å². The quantitative estimate of drug-likeness (QED) is 0.681. The molecule has 0 fully saturated rings. The van der Waals surface area contributed by atoms with Crippen molar-refractivity contribution in [3.05, 3.63) is 48.3 Å². The molecule has 5 N–H and O–H groups in total. The number of anilines is 3. The predicted molar refractivity (Wildman–Crippen MR) is 82.6 cm³/mol. The first-order valence-electron chi connectivity index (χ1n) is 6.13. The average molecular weight is 306 g/mol. The summed E-state index contributed by atoms with van der Waals surface area (Å²) in [6.07, 6.45) is 3.00. The second kappa shape index (κ2) is 4.92. The van der Waals surface area contributed by atoms with Crippen LogP contribution in [-0.2, 0) is 5.75 Å². The molecule has 0 saturated carbocycles. The number of pyridine rings is 1. The lowest BCUT2D eigenvalue weighted by molar-refractivity contribution is 0.256. The SMILES string of the molecule is NC(=O)N(c1ccccc1)c1cncc2c1NS(O)(O)C2. The van der Waals surface area contributed by atoms with Gasteiger partial charge in [0.2, 0.25) is 0 Å². The zero-order valence-electron chi connectivity index (χ0n) is 10.9. The highest BCUT2D eigenvalue weighted by atomic mass is 32.3. The fourth-order valence-corrected chi connectivity index (χ4v) is 3.55. The molecule has 8 heteroatoms. The number of aromatic nitrogens is 1. The lowest BCUT2D eigenvalue weighted by Crippen LogP contribution is -2.32. The third-order valence-electron chi connectivity index (χ3n) is 3.10. The van der Waals surface area contributed by atoms with Gasteiger partial charge in [-0.2, -0.15) is 0 Å². The van der Waals surface area contributed by atoms with Crippen LogP contribution in [-0.4, -0.2) is 20.1 Å². The van der Waals surface area contributed by atoms with E-state index in [2.05, 4.69) is 9.71 Å². The van der Waals surface area contributed by atoms with Gasteiger partial charge in [-0.25, -0.2) is 4.79 Å². The zero-order chi connectivity index (χ0) is 15.0. The van der Waals surface area contributed by atoms with Crippen LogP contribution in [0.2, 0.25) is 0 Å². The van der Waals surface area contributed by atoms with E-state index < -0.39 is 16.8 Å². The summed E-state index contributed by atoms with van der Waals surface area (Å²) >= 11 is 0. The van der Waals surface area contributed by atoms with Crippen LogP contribution in [0, 0.1) is 0 Å². The van der Waals surface area contributed by atoms with Crippen LogP contribution in [0.1, 0.15) is 5.56 Å². The van der Waals surface area contributed by atoms with E-state index in [9.17, 15) is 13.9 Å². The number of amides is 2. The summed E-state index contributed by atoms with van der Waals surface area (Å²) in [7, 11) is -2.94. The van der Waals surface area contributed by atoms with Crippen LogP contribution < -0.4 is 15.4 Å². The first-order valence-corrected chi connectivity index (χ1v) is 7.85. The highest BCUT2D eigenvalue weighted by Crippen LogP contribution is 2.53. The van der Waals surface area contributed by atoms with Gasteiger partial charge in [0.1, 0.15) is 0 Å². The van der Waals surface area contributed by atoms with E-state index in [1.807, 2.05) is 6.07 Å². The highest BCUT2D eigenvalue weighted by molar-refractivity contribution is 8.25. The van der Waals surface area contributed by atoms with Crippen LogP contribution >= 0.6 is 10.8 Å². The molecule has 7 nitrogen and oxygen atoms in total. The Bertz CT molecular complexity index is 693. The van der Waals surface area contributed by atoms with Crippen LogP contribution in [0.5, 0.6) is 0 Å². The summed E-state index contributed by atoms with van der Waals surface area (Å²) in [5, 5.41) is 0. The van der Waals surface area contributed by atoms with Crippen molar-refractivity contribution in [3.8, 4) is 0 Å². The van der Waals surface area contributed by atoms with Gasteiger partial charge in [0.15, 0.2) is 0 Å². The monoisotopic (exact) mass is 306 g/mol. The standard InChI is InChI=1S/C13H14N4O3S/c14-13(18)17(10-4-2-1-3-5-10)11-7-15-6-9-8-21(19,20)16-12(9)11/h1-7,16,19-20H,8H2,(H2,14,18). The smallest absolute Gasteiger partial charge is 0.324 e. The van der Waals surface area contributed by atoms with Crippen molar-refractivity contribution in [1.82, 2.24) is 4.98 Å². The van der Waals surface area contributed by atoms with Crippen molar-refractivity contribution in [2.45, 2.75) is 5.75 Å². The van der Waals surface area contributed by atoms with Gasteiger partial charge in [-0.3, -0.25) is 23.7 Å². The van der Waals surface area contributed by atoms with Gasteiger partial charge in [-0.1, -0.05) is 18.2 Å². The summed E-state index contributed by atoms with van der Waals surface area (Å²) in [5.74, 6) is 0.0601. The van der Waals surface area contributed by atoms with E-state index in [-0.39, 0.29) is 5.75 Å². The van der Waals surface area contributed by atoms with E-state index in [4.69, 9.17) is 5.73 Å². The second-order valence-electron chi connectivity index (χ2n) is 4.62. The Morgan fingerprint density at radius 1 is 1.29 bits per heavy atom. The molecule has 0 spiro atoms. The van der Waals surface area contributed by atoms with Crippen molar-refractivity contribution < 1.29 is 13.9 Å². The van der Waals surface area contributed by atoms with E-state index in [0.29, 0.717) is 22.6 Å². The number of carbonyl (C=O) groups excluding carboxylic acids is 1. The first kappa shape index (κ1) is 13.7. The minimum atomic E-state index is -2.94. The van der Waals surface area contributed by atoms with Gasteiger partial charge in [-0.15, -0.1) is 10.8 Å². The van der Waals surface area contributed by atoms with Crippen LogP contribution in [0.15, 0.2) is 42.7 Å². The molecule has 1 aliphatic rings. The number of urea groups is 1. The van der Waals surface area contributed by atoms with E-state index in [1.54, 1.807) is 24.3 Å². The molecule has 0 aliphatic carbocycles. The number of para-hydroxylation sites is 1. The van der Waals surface area contributed by atoms with E-state index in [1.165, 1.54) is 17.3 Å². The summed E-state index contributed by atoms with van der Waals surface area (Å²) < 4.78 is 22.2. The fraction of sp³-hybridized carbons (Fsp3) is 0.0769. The van der Waals surface area contributed by atoms with Gasteiger partial charge in [-0.05, 0) is 12.1 Å². The molecule has 0 radical (unpaired) electrons. The number of nitrogens with zero attached hydrogens (tertiary/aromatic N) is 2. The van der Waals surface area contributed by atoms with Gasteiger partial charge < -0.3 is 5.73 Å². The molecule has 2 aromatic rings. The molecule has 1 aromatic heterocycles. The predicted octanol–water partition coefficient (Wildman–Crippen LogP) is 2.89. The number of fused-ring (bicyclic) bond motifs is 1. The molecule has 1 aromatic carbocycles. The van der Waals surface area contributed by atoms with Gasteiger partial charge in [0.25, 0.3) is 0 Å². The highest BCUT2D eigenvalue weighted by Gasteiger charge is 2.30. The molecule has 0 atom stereocenters. The Morgan fingerprint density at radius 3 is 2.67 bits per heavy atom. The molecule has 110 valence electrons. The summed E-state index contributed by atoms with van der Waals surface area (Å²) in [6, 6.07) is 8.17. The number of nitrogens with one attached hydrogen (secondary N) is 1. The molecular formula is C13H14N4O3S. The third kappa shape index (κ3) is 2.51. The normalized spacial score (nSPS) is 16.7. The Kier molecular flexibility index (Phi) is 3.20. The van der Waals surface area contributed by atoms with Crippen molar-refractivity contribution in [2.24, 2.45) is 5.73 Å². The Hall–Kier alpha value is -2.29. The zero-order valence-corrected chi connectivity index (χ0v) is 11.7. The first-order chi connectivity index (χ1) is 9.98. The summed E-state index contributed by atoms with van der Waals surface area (Å²) in [6.45, 7) is 0. The molecule has 3 rings (SSSR count). The number of carbonyl (C=O) groups is 1. The largest absolute Gasteiger partial charge is 0.351 e. The molecule has 2 amide bonds. The summed E-state index contributed by atoms with van der Waals surface area (Å²) in [4.78, 5) is 17.2. The van der Waals surface area contributed by atoms with Gasteiger partial charge >= 0.3 is 6.03 Å². The molecule has 21 heavy (non-hydrogen) atoms. The second-order valence-corrected chi connectivity index (χ2v) is 6.44. The fourth-order valence-electron chi connectivity index (χ4n) is 2.27. The van der Waals surface area contributed by atoms with Crippen LogP contribution in [0.25, 0.3) is 0 Å². The number of benzene rings is 1. The Labute approximate surface area is 122 Å². The van der Waals surface area contributed by atoms with E-state index >= 15 is 0 Å². The molecule has 1 aliphatic heterocycles. The molecular weight excluding hydrogens is 292 g/mol. The van der Waals surface area contributed by atoms with Gasteiger partial charge in [0.05, 0.1) is 29.0 Å². The maximum absolute atomic E-state index is 11.8. The number of hydrogen-bond acceptors (Lipinski definition) is 5. The van der Waals surface area contributed by atoms with Gasteiger partial charge in [0, 0.05) is 11.8 Å². The topological polar surface area (TPSA) is 112 Å². The lowest BCUT2D eigenvalue weighted by Gasteiger charge is -2.28. The third-order valence-corrected chi connectivity index (χ3v) is 4.35. The molecule has 0 saturated heterocycles. The molecule has 0 bridgehead atoms.